The van der Waals surface area contributed by atoms with E-state index < -0.39 is 0 Å². The van der Waals surface area contributed by atoms with Crippen molar-refractivity contribution in [3.63, 3.8) is 0 Å². The van der Waals surface area contributed by atoms with Crippen molar-refractivity contribution in [2.45, 2.75) is 26.5 Å². The third-order valence-corrected chi connectivity index (χ3v) is 3.12. The van der Waals surface area contributed by atoms with Gasteiger partial charge in [0.25, 0.3) is 0 Å². The SMILES string of the molecule is C=C(C)COc1cccc(CNC[C@H](C)Oc2cccnc2)c1. The van der Waals surface area contributed by atoms with Crippen molar-refractivity contribution >= 4 is 0 Å². The standard InChI is InChI=1S/C19H24N2O2/c1-15(2)14-22-18-7-4-6-17(10-18)12-21-11-16(3)23-19-8-5-9-20-13-19/h4-10,13,16,21H,1,11-12,14H2,2-3H3/t16-/m0/s1. The molecule has 2 aromatic rings. The number of nitrogens with zero attached hydrogens (tertiary/aromatic N) is 1. The van der Waals surface area contributed by atoms with E-state index in [2.05, 4.69) is 22.9 Å². The predicted octanol–water partition coefficient (Wildman–Crippen LogP) is 3.59. The first-order chi connectivity index (χ1) is 11.1. The summed E-state index contributed by atoms with van der Waals surface area (Å²) in [6.07, 6.45) is 3.53. The Labute approximate surface area is 138 Å². The molecule has 0 aliphatic heterocycles. The van der Waals surface area contributed by atoms with Gasteiger partial charge in [-0.15, -0.1) is 0 Å². The van der Waals surface area contributed by atoms with Crippen molar-refractivity contribution in [3.8, 4) is 11.5 Å². The van der Waals surface area contributed by atoms with Gasteiger partial charge in [0.2, 0.25) is 0 Å². The van der Waals surface area contributed by atoms with Gasteiger partial charge in [-0.2, -0.15) is 0 Å². The number of pyridine rings is 1. The van der Waals surface area contributed by atoms with E-state index >= 15 is 0 Å². The maximum atomic E-state index is 5.78. The van der Waals surface area contributed by atoms with Crippen LogP contribution in [-0.4, -0.2) is 24.2 Å². The van der Waals surface area contributed by atoms with Gasteiger partial charge in [-0.3, -0.25) is 4.98 Å². The fourth-order valence-corrected chi connectivity index (χ4v) is 2.06. The highest BCUT2D eigenvalue weighted by Crippen LogP contribution is 2.14. The lowest BCUT2D eigenvalue weighted by Gasteiger charge is -2.15. The minimum absolute atomic E-state index is 0.0713. The number of aromatic nitrogens is 1. The molecule has 0 fully saturated rings. The van der Waals surface area contributed by atoms with Crippen LogP contribution in [0.4, 0.5) is 0 Å². The van der Waals surface area contributed by atoms with Crippen LogP contribution in [-0.2, 0) is 6.54 Å². The molecule has 0 saturated carbocycles. The summed E-state index contributed by atoms with van der Waals surface area (Å²) in [7, 11) is 0. The minimum Gasteiger partial charge on any atom is -0.489 e. The lowest BCUT2D eigenvalue weighted by atomic mass is 10.2. The predicted molar refractivity (Wildman–Crippen MR) is 92.8 cm³/mol. The molecule has 4 nitrogen and oxygen atoms in total. The van der Waals surface area contributed by atoms with Crippen molar-refractivity contribution in [3.05, 3.63) is 66.5 Å². The summed E-state index contributed by atoms with van der Waals surface area (Å²) in [4.78, 5) is 4.04. The molecule has 122 valence electrons. The highest BCUT2D eigenvalue weighted by molar-refractivity contribution is 5.28. The molecule has 0 aliphatic carbocycles. The zero-order chi connectivity index (χ0) is 16.5. The van der Waals surface area contributed by atoms with E-state index in [1.54, 1.807) is 12.4 Å². The first-order valence-electron chi connectivity index (χ1n) is 7.77. The Bertz CT molecular complexity index is 614. The Morgan fingerprint density at radius 3 is 2.83 bits per heavy atom. The molecular weight excluding hydrogens is 288 g/mol. The van der Waals surface area contributed by atoms with Gasteiger partial charge in [-0.05, 0) is 49.2 Å². The summed E-state index contributed by atoms with van der Waals surface area (Å²) in [5.41, 5.74) is 2.19. The van der Waals surface area contributed by atoms with Crippen LogP contribution in [0.2, 0.25) is 0 Å². The van der Waals surface area contributed by atoms with Crippen LogP contribution in [0.25, 0.3) is 0 Å². The van der Waals surface area contributed by atoms with E-state index in [9.17, 15) is 0 Å². The number of hydrogen-bond acceptors (Lipinski definition) is 4. The van der Waals surface area contributed by atoms with Crippen LogP contribution in [0, 0.1) is 0 Å². The number of ether oxygens (including phenoxy) is 2. The smallest absolute Gasteiger partial charge is 0.138 e. The molecule has 0 aliphatic rings. The molecule has 0 bridgehead atoms. The molecule has 1 aromatic heterocycles. The number of benzene rings is 1. The first-order valence-corrected chi connectivity index (χ1v) is 7.77. The molecule has 0 radical (unpaired) electrons. The van der Waals surface area contributed by atoms with E-state index in [4.69, 9.17) is 9.47 Å². The van der Waals surface area contributed by atoms with Gasteiger partial charge < -0.3 is 14.8 Å². The van der Waals surface area contributed by atoms with Gasteiger partial charge in [0, 0.05) is 19.3 Å². The topological polar surface area (TPSA) is 43.4 Å². The minimum atomic E-state index is 0.0713. The Hall–Kier alpha value is -2.33. The van der Waals surface area contributed by atoms with Crippen molar-refractivity contribution in [1.29, 1.82) is 0 Å². The first kappa shape index (κ1) is 17.0. The largest absolute Gasteiger partial charge is 0.489 e. The maximum Gasteiger partial charge on any atom is 0.138 e. The van der Waals surface area contributed by atoms with Gasteiger partial charge >= 0.3 is 0 Å². The van der Waals surface area contributed by atoms with Crippen LogP contribution in [0.3, 0.4) is 0 Å². The van der Waals surface area contributed by atoms with E-state index in [0.29, 0.717) is 6.61 Å². The monoisotopic (exact) mass is 312 g/mol. The Balaban J connectivity index is 1.75. The van der Waals surface area contributed by atoms with Crippen molar-refractivity contribution in [1.82, 2.24) is 10.3 Å². The summed E-state index contributed by atoms with van der Waals surface area (Å²) in [6.45, 7) is 9.90. The third kappa shape index (κ3) is 6.53. The molecule has 4 heteroatoms. The second-order valence-electron chi connectivity index (χ2n) is 5.64. The normalized spacial score (nSPS) is 11.7. The zero-order valence-corrected chi connectivity index (χ0v) is 13.8. The average Bonchev–Trinajstić information content (AvgIpc) is 2.54. The van der Waals surface area contributed by atoms with Crippen LogP contribution < -0.4 is 14.8 Å². The summed E-state index contributed by atoms with van der Waals surface area (Å²) >= 11 is 0. The molecule has 0 amide bonds. The summed E-state index contributed by atoms with van der Waals surface area (Å²) < 4.78 is 11.4. The molecule has 0 unspecified atom stereocenters. The maximum absolute atomic E-state index is 5.78. The fourth-order valence-electron chi connectivity index (χ4n) is 2.06. The zero-order valence-electron chi connectivity index (χ0n) is 13.8. The average molecular weight is 312 g/mol. The molecule has 23 heavy (non-hydrogen) atoms. The van der Waals surface area contributed by atoms with Crippen LogP contribution in [0.15, 0.2) is 60.9 Å². The molecule has 2 rings (SSSR count). The van der Waals surface area contributed by atoms with E-state index in [1.807, 2.05) is 44.2 Å². The fraction of sp³-hybridized carbons (Fsp3) is 0.316. The summed E-state index contributed by atoms with van der Waals surface area (Å²) in [6, 6.07) is 11.9. The van der Waals surface area contributed by atoms with E-state index in [1.165, 1.54) is 5.56 Å². The molecule has 0 saturated heterocycles. The molecule has 1 N–H and O–H groups in total. The quantitative estimate of drug-likeness (QED) is 0.719. The number of hydrogen-bond donors (Lipinski definition) is 1. The van der Waals surface area contributed by atoms with Gasteiger partial charge in [0.1, 0.15) is 24.2 Å². The number of rotatable bonds is 9. The summed E-state index contributed by atoms with van der Waals surface area (Å²) in [5, 5.41) is 3.40. The lowest BCUT2D eigenvalue weighted by Crippen LogP contribution is -2.28. The molecular formula is C19H24N2O2. The lowest BCUT2D eigenvalue weighted by molar-refractivity contribution is 0.216. The van der Waals surface area contributed by atoms with Gasteiger partial charge in [-0.25, -0.2) is 0 Å². The third-order valence-electron chi connectivity index (χ3n) is 3.12. The second-order valence-corrected chi connectivity index (χ2v) is 5.64. The van der Waals surface area contributed by atoms with Crippen LogP contribution in [0.1, 0.15) is 19.4 Å². The number of nitrogens with one attached hydrogen (secondary N) is 1. The van der Waals surface area contributed by atoms with Crippen molar-refractivity contribution < 1.29 is 9.47 Å². The molecule has 0 spiro atoms. The Kier molecular flexibility index (Phi) is 6.63. The van der Waals surface area contributed by atoms with Gasteiger partial charge in [0.05, 0.1) is 6.20 Å². The van der Waals surface area contributed by atoms with Crippen LogP contribution in [0.5, 0.6) is 11.5 Å². The second kappa shape index (κ2) is 8.96. The molecule has 1 aromatic carbocycles. The van der Waals surface area contributed by atoms with E-state index in [0.717, 1.165) is 30.2 Å². The van der Waals surface area contributed by atoms with E-state index in [-0.39, 0.29) is 6.10 Å². The Morgan fingerprint density at radius 2 is 2.09 bits per heavy atom. The van der Waals surface area contributed by atoms with Crippen molar-refractivity contribution in [2.24, 2.45) is 0 Å². The van der Waals surface area contributed by atoms with Gasteiger partial charge in [0.15, 0.2) is 0 Å². The molecule has 1 heterocycles. The van der Waals surface area contributed by atoms with Crippen molar-refractivity contribution in [2.75, 3.05) is 13.2 Å². The molecule has 1 atom stereocenters. The van der Waals surface area contributed by atoms with Crippen LogP contribution >= 0.6 is 0 Å². The highest BCUT2D eigenvalue weighted by Gasteiger charge is 2.04. The summed E-state index contributed by atoms with van der Waals surface area (Å²) in [5.74, 6) is 1.66. The Morgan fingerprint density at radius 1 is 1.26 bits per heavy atom. The highest BCUT2D eigenvalue weighted by atomic mass is 16.5. The van der Waals surface area contributed by atoms with Gasteiger partial charge in [-0.1, -0.05) is 18.7 Å².